The molecule has 0 spiro atoms. The number of anilines is 2. The number of aromatic nitrogens is 4. The van der Waals surface area contributed by atoms with Crippen LogP contribution in [-0.2, 0) is 4.79 Å². The van der Waals surface area contributed by atoms with Crippen molar-refractivity contribution in [2.75, 3.05) is 24.3 Å². The van der Waals surface area contributed by atoms with E-state index in [4.69, 9.17) is 15.5 Å². The molecule has 3 heterocycles. The van der Waals surface area contributed by atoms with Crippen molar-refractivity contribution in [3.8, 4) is 17.1 Å². The Morgan fingerprint density at radius 3 is 2.64 bits per heavy atom. The van der Waals surface area contributed by atoms with Gasteiger partial charge in [-0.1, -0.05) is 6.07 Å². The number of benzene rings is 2. The molecule has 0 atom stereocenters. The van der Waals surface area contributed by atoms with Crippen molar-refractivity contribution in [1.82, 2.24) is 19.6 Å². The Morgan fingerprint density at radius 2 is 1.93 bits per heavy atom. The van der Waals surface area contributed by atoms with Crippen LogP contribution in [0.25, 0.3) is 27.9 Å². The number of carbonyl (C=O) groups is 1. The topological polar surface area (TPSA) is 98.6 Å². The zero-order chi connectivity index (χ0) is 19.3. The Balaban J connectivity index is 1.71. The van der Waals surface area contributed by atoms with E-state index < -0.39 is 0 Å². The quantitative estimate of drug-likeness (QED) is 0.592. The number of nitrogens with two attached hydrogens (primary N) is 1. The summed E-state index contributed by atoms with van der Waals surface area (Å²) in [5, 5.41) is 5.33. The summed E-state index contributed by atoms with van der Waals surface area (Å²) < 4.78 is 6.74. The van der Waals surface area contributed by atoms with Gasteiger partial charge < -0.3 is 15.4 Å². The predicted octanol–water partition coefficient (Wildman–Crippen LogP) is 2.66. The molecule has 4 aromatic rings. The maximum absolute atomic E-state index is 12.2. The van der Waals surface area contributed by atoms with Gasteiger partial charge in [0.15, 0.2) is 11.5 Å². The number of nitrogen functional groups attached to an aromatic ring is 1. The van der Waals surface area contributed by atoms with E-state index >= 15 is 0 Å². The van der Waals surface area contributed by atoms with Crippen molar-refractivity contribution in [3.05, 3.63) is 42.5 Å². The highest BCUT2D eigenvalue weighted by molar-refractivity contribution is 6.06. The Morgan fingerprint density at radius 1 is 1.11 bits per heavy atom. The minimum Gasteiger partial charge on any atom is -0.497 e. The molecule has 1 fully saturated rings. The molecule has 5 rings (SSSR count). The molecule has 8 heteroatoms. The fourth-order valence-electron chi connectivity index (χ4n) is 3.62. The molecule has 2 aromatic carbocycles. The van der Waals surface area contributed by atoms with Gasteiger partial charge in [0.1, 0.15) is 11.3 Å². The molecule has 1 aliphatic rings. The summed E-state index contributed by atoms with van der Waals surface area (Å²) in [6, 6.07) is 13.2. The van der Waals surface area contributed by atoms with Gasteiger partial charge in [0.2, 0.25) is 11.9 Å². The number of para-hydroxylation sites is 1. The molecule has 0 radical (unpaired) electrons. The number of carbonyl (C=O) groups excluding carboxylic acids is 1. The lowest BCUT2D eigenvalue weighted by Gasteiger charge is -2.17. The number of ether oxygens (including phenoxy) is 1. The molecule has 0 bridgehead atoms. The lowest BCUT2D eigenvalue weighted by atomic mass is 10.2. The first-order chi connectivity index (χ1) is 13.7. The SMILES string of the molecule is COc1ccc(-c2nc3c4cccc(N5CCCC5=O)c4nc(N)n3n2)cc1. The van der Waals surface area contributed by atoms with Crippen molar-refractivity contribution < 1.29 is 9.53 Å². The average Bonchev–Trinajstić information content (AvgIpc) is 3.35. The molecule has 140 valence electrons. The molecule has 1 aliphatic heterocycles. The van der Waals surface area contributed by atoms with Crippen LogP contribution in [0.3, 0.4) is 0 Å². The standard InChI is InChI=1S/C20H18N6O2/c1-28-13-9-7-12(8-10-13)18-23-19-14-4-2-5-15(25-11-3-6-16(25)27)17(14)22-20(21)26(19)24-18/h2,4-5,7-10H,3,6,11H2,1H3,(H2,21,22). The number of hydrogen-bond donors (Lipinski definition) is 1. The van der Waals surface area contributed by atoms with Gasteiger partial charge in [-0.3, -0.25) is 4.79 Å². The van der Waals surface area contributed by atoms with Gasteiger partial charge in [-0.05, 0) is 42.8 Å². The fraction of sp³-hybridized carbons (Fsp3) is 0.200. The molecule has 2 N–H and O–H groups in total. The van der Waals surface area contributed by atoms with E-state index in [1.807, 2.05) is 42.5 Å². The molecule has 28 heavy (non-hydrogen) atoms. The maximum Gasteiger partial charge on any atom is 0.227 e. The molecule has 0 aliphatic carbocycles. The summed E-state index contributed by atoms with van der Waals surface area (Å²) in [7, 11) is 1.62. The van der Waals surface area contributed by atoms with Crippen molar-refractivity contribution in [2.24, 2.45) is 0 Å². The third-order valence-electron chi connectivity index (χ3n) is 5.02. The first-order valence-electron chi connectivity index (χ1n) is 9.05. The minimum atomic E-state index is 0.105. The third kappa shape index (κ3) is 2.45. The molecule has 2 aromatic heterocycles. The normalized spacial score (nSPS) is 14.3. The van der Waals surface area contributed by atoms with Crippen LogP contribution < -0.4 is 15.4 Å². The summed E-state index contributed by atoms with van der Waals surface area (Å²) in [5.41, 5.74) is 9.08. The van der Waals surface area contributed by atoms with E-state index in [2.05, 4.69) is 10.1 Å². The highest BCUT2D eigenvalue weighted by Crippen LogP contribution is 2.32. The molecular formula is C20H18N6O2. The first kappa shape index (κ1) is 16.5. The zero-order valence-corrected chi connectivity index (χ0v) is 15.3. The van der Waals surface area contributed by atoms with Gasteiger partial charge in [0.05, 0.1) is 12.8 Å². The van der Waals surface area contributed by atoms with Crippen LogP contribution in [0.15, 0.2) is 42.5 Å². The summed E-state index contributed by atoms with van der Waals surface area (Å²) >= 11 is 0. The Labute approximate surface area is 160 Å². The van der Waals surface area contributed by atoms with Gasteiger partial charge in [-0.15, -0.1) is 5.10 Å². The predicted molar refractivity (Wildman–Crippen MR) is 106 cm³/mol. The Bertz CT molecular complexity index is 1220. The lowest BCUT2D eigenvalue weighted by molar-refractivity contribution is -0.117. The summed E-state index contributed by atoms with van der Waals surface area (Å²) in [6.45, 7) is 0.689. The van der Waals surface area contributed by atoms with Crippen molar-refractivity contribution >= 4 is 34.1 Å². The number of rotatable bonds is 3. The minimum absolute atomic E-state index is 0.105. The smallest absolute Gasteiger partial charge is 0.227 e. The maximum atomic E-state index is 12.2. The van der Waals surface area contributed by atoms with Gasteiger partial charge in [0, 0.05) is 23.9 Å². The Hall–Kier alpha value is -3.68. The van der Waals surface area contributed by atoms with Crippen molar-refractivity contribution in [2.45, 2.75) is 12.8 Å². The van der Waals surface area contributed by atoms with Crippen LogP contribution in [0.2, 0.25) is 0 Å². The monoisotopic (exact) mass is 374 g/mol. The largest absolute Gasteiger partial charge is 0.497 e. The lowest BCUT2D eigenvalue weighted by Crippen LogP contribution is -2.24. The molecule has 0 unspecified atom stereocenters. The highest BCUT2D eigenvalue weighted by Gasteiger charge is 2.25. The van der Waals surface area contributed by atoms with E-state index in [9.17, 15) is 4.79 Å². The van der Waals surface area contributed by atoms with Crippen LogP contribution in [-0.4, -0.2) is 39.1 Å². The second kappa shape index (κ2) is 6.19. The van der Waals surface area contributed by atoms with E-state index in [1.54, 1.807) is 12.0 Å². The van der Waals surface area contributed by atoms with E-state index in [1.165, 1.54) is 4.52 Å². The first-order valence-corrected chi connectivity index (χ1v) is 9.05. The highest BCUT2D eigenvalue weighted by atomic mass is 16.5. The summed E-state index contributed by atoms with van der Waals surface area (Å²) in [6.07, 6.45) is 1.40. The van der Waals surface area contributed by atoms with Gasteiger partial charge in [-0.2, -0.15) is 4.52 Å². The van der Waals surface area contributed by atoms with Gasteiger partial charge >= 0.3 is 0 Å². The van der Waals surface area contributed by atoms with E-state index in [0.29, 0.717) is 30.0 Å². The molecular weight excluding hydrogens is 356 g/mol. The van der Waals surface area contributed by atoms with E-state index in [-0.39, 0.29) is 11.9 Å². The Kier molecular flexibility index (Phi) is 3.65. The second-order valence-electron chi connectivity index (χ2n) is 6.69. The molecule has 1 amide bonds. The number of methoxy groups -OCH3 is 1. The zero-order valence-electron chi connectivity index (χ0n) is 15.3. The molecule has 0 saturated carbocycles. The van der Waals surface area contributed by atoms with Crippen LogP contribution in [0.5, 0.6) is 5.75 Å². The van der Waals surface area contributed by atoms with Crippen molar-refractivity contribution in [3.63, 3.8) is 0 Å². The van der Waals surface area contributed by atoms with Crippen LogP contribution >= 0.6 is 0 Å². The van der Waals surface area contributed by atoms with Crippen LogP contribution in [0.4, 0.5) is 11.6 Å². The average molecular weight is 374 g/mol. The number of fused-ring (bicyclic) bond motifs is 3. The van der Waals surface area contributed by atoms with Crippen molar-refractivity contribution in [1.29, 1.82) is 0 Å². The molecule has 8 nitrogen and oxygen atoms in total. The second-order valence-corrected chi connectivity index (χ2v) is 6.69. The fourth-order valence-corrected chi connectivity index (χ4v) is 3.62. The number of amides is 1. The van der Waals surface area contributed by atoms with Crippen LogP contribution in [0.1, 0.15) is 12.8 Å². The molecule has 1 saturated heterocycles. The third-order valence-corrected chi connectivity index (χ3v) is 5.02. The van der Waals surface area contributed by atoms with Gasteiger partial charge in [-0.25, -0.2) is 9.97 Å². The van der Waals surface area contributed by atoms with Gasteiger partial charge in [0.25, 0.3) is 0 Å². The summed E-state index contributed by atoms with van der Waals surface area (Å²) in [5.74, 6) is 1.65. The number of nitrogens with zero attached hydrogens (tertiary/aromatic N) is 5. The van der Waals surface area contributed by atoms with E-state index in [0.717, 1.165) is 28.8 Å². The number of hydrogen-bond acceptors (Lipinski definition) is 6. The van der Waals surface area contributed by atoms with Crippen LogP contribution in [0, 0.1) is 0 Å². The summed E-state index contributed by atoms with van der Waals surface area (Å²) in [4.78, 5) is 23.2.